The topological polar surface area (TPSA) is 131 Å². The lowest BCUT2D eigenvalue weighted by molar-refractivity contribution is -0.139. The zero-order valence-electron chi connectivity index (χ0n) is 17.7. The van der Waals surface area contributed by atoms with Gasteiger partial charge < -0.3 is 15.4 Å². The van der Waals surface area contributed by atoms with Crippen molar-refractivity contribution in [2.75, 3.05) is 31.0 Å². The number of ether oxygens (including phenoxy) is 1. The maximum atomic E-state index is 12.9. The Labute approximate surface area is 191 Å². The number of hydrogen-bond donors (Lipinski definition) is 3. The Morgan fingerprint density at radius 2 is 1.78 bits per heavy atom. The molecule has 0 aliphatic heterocycles. The van der Waals surface area contributed by atoms with E-state index < -0.39 is 33.8 Å². The Bertz CT molecular complexity index is 1040. The smallest absolute Gasteiger partial charge is 0.325 e. The summed E-state index contributed by atoms with van der Waals surface area (Å²) in [7, 11) is -2.68. The third-order valence-electron chi connectivity index (χ3n) is 4.29. The molecule has 9 nitrogen and oxygen atoms in total. The molecular weight excluding hydrogens is 454 g/mol. The highest BCUT2D eigenvalue weighted by Crippen LogP contribution is 2.14. The first-order chi connectivity index (χ1) is 15.3. The first-order valence-electron chi connectivity index (χ1n) is 9.59. The van der Waals surface area contributed by atoms with Gasteiger partial charge in [-0.15, -0.1) is 0 Å². The predicted molar refractivity (Wildman–Crippen MR) is 123 cm³/mol. The van der Waals surface area contributed by atoms with Gasteiger partial charge in [0.2, 0.25) is 15.9 Å². The van der Waals surface area contributed by atoms with E-state index >= 15 is 0 Å². The molecule has 32 heavy (non-hydrogen) atoms. The lowest BCUT2D eigenvalue weighted by Gasteiger charge is -2.18. The van der Waals surface area contributed by atoms with E-state index in [4.69, 9.17) is 0 Å². The van der Waals surface area contributed by atoms with E-state index in [9.17, 15) is 22.8 Å². The van der Waals surface area contributed by atoms with Crippen molar-refractivity contribution >= 4 is 45.3 Å². The molecule has 2 aromatic rings. The highest BCUT2D eigenvalue weighted by atomic mass is 32.2. The summed E-state index contributed by atoms with van der Waals surface area (Å²) in [6.45, 7) is -0.288. The summed E-state index contributed by atoms with van der Waals surface area (Å²) >= 11 is 1.49. The van der Waals surface area contributed by atoms with Crippen LogP contribution in [0.2, 0.25) is 0 Å². The SMILES string of the molecule is COC(=O)CNC(=O)c1cccc(NC(=O)C(CCSC)NS(=O)(=O)c2ccccc2)c1. The van der Waals surface area contributed by atoms with Gasteiger partial charge in [0.25, 0.3) is 5.91 Å². The molecule has 11 heteroatoms. The van der Waals surface area contributed by atoms with Crippen LogP contribution in [0.4, 0.5) is 5.69 Å². The predicted octanol–water partition coefficient (Wildman–Crippen LogP) is 1.63. The van der Waals surface area contributed by atoms with Crippen LogP contribution in [0, 0.1) is 0 Å². The normalized spacial score (nSPS) is 11.9. The van der Waals surface area contributed by atoms with Crippen LogP contribution in [0.25, 0.3) is 0 Å². The average Bonchev–Trinajstić information content (AvgIpc) is 2.80. The third-order valence-corrected chi connectivity index (χ3v) is 6.42. The fourth-order valence-electron chi connectivity index (χ4n) is 2.63. The summed E-state index contributed by atoms with van der Waals surface area (Å²) in [5.41, 5.74) is 0.533. The molecular formula is C21H25N3O6S2. The minimum absolute atomic E-state index is 0.0613. The Morgan fingerprint density at radius 1 is 1.06 bits per heavy atom. The second-order valence-corrected chi connectivity index (χ2v) is 9.30. The molecule has 1 unspecified atom stereocenters. The number of carbonyl (C=O) groups excluding carboxylic acids is 3. The third kappa shape index (κ3) is 7.66. The molecule has 0 bridgehead atoms. The number of methoxy groups -OCH3 is 1. The molecule has 0 radical (unpaired) electrons. The highest BCUT2D eigenvalue weighted by molar-refractivity contribution is 7.98. The number of thioether (sulfide) groups is 1. The van der Waals surface area contributed by atoms with Gasteiger partial charge in [0.1, 0.15) is 12.6 Å². The van der Waals surface area contributed by atoms with Crippen molar-refractivity contribution in [1.82, 2.24) is 10.0 Å². The van der Waals surface area contributed by atoms with Gasteiger partial charge in [-0.1, -0.05) is 24.3 Å². The summed E-state index contributed by atoms with van der Waals surface area (Å²) in [5.74, 6) is -1.10. The van der Waals surface area contributed by atoms with E-state index in [2.05, 4.69) is 20.1 Å². The second-order valence-electron chi connectivity index (χ2n) is 6.60. The van der Waals surface area contributed by atoms with Crippen molar-refractivity contribution in [3.8, 4) is 0 Å². The van der Waals surface area contributed by atoms with Gasteiger partial charge in [-0.25, -0.2) is 8.42 Å². The molecule has 2 rings (SSSR count). The minimum Gasteiger partial charge on any atom is -0.468 e. The van der Waals surface area contributed by atoms with Crippen molar-refractivity contribution in [2.24, 2.45) is 0 Å². The van der Waals surface area contributed by atoms with Gasteiger partial charge in [0, 0.05) is 11.3 Å². The number of hydrogen-bond acceptors (Lipinski definition) is 7. The molecule has 3 N–H and O–H groups in total. The summed E-state index contributed by atoms with van der Waals surface area (Å²) in [5, 5.41) is 5.06. The van der Waals surface area contributed by atoms with Gasteiger partial charge in [-0.2, -0.15) is 16.5 Å². The van der Waals surface area contributed by atoms with Crippen LogP contribution in [-0.2, 0) is 24.3 Å². The molecule has 2 aromatic carbocycles. The van der Waals surface area contributed by atoms with Gasteiger partial charge in [0.15, 0.2) is 0 Å². The van der Waals surface area contributed by atoms with Crippen LogP contribution in [0.1, 0.15) is 16.8 Å². The van der Waals surface area contributed by atoms with E-state index in [-0.39, 0.29) is 23.4 Å². The molecule has 0 saturated heterocycles. The minimum atomic E-state index is -3.89. The van der Waals surface area contributed by atoms with Crippen molar-refractivity contribution in [2.45, 2.75) is 17.4 Å². The fraction of sp³-hybridized carbons (Fsp3) is 0.286. The summed E-state index contributed by atoms with van der Waals surface area (Å²) in [4.78, 5) is 36.3. The number of esters is 1. The van der Waals surface area contributed by atoms with E-state index in [1.54, 1.807) is 30.3 Å². The molecule has 172 valence electrons. The van der Waals surface area contributed by atoms with Crippen molar-refractivity contribution in [3.05, 3.63) is 60.2 Å². The Morgan fingerprint density at radius 3 is 2.44 bits per heavy atom. The van der Waals surface area contributed by atoms with Crippen molar-refractivity contribution < 1.29 is 27.5 Å². The molecule has 0 fully saturated rings. The largest absolute Gasteiger partial charge is 0.468 e. The fourth-order valence-corrected chi connectivity index (χ4v) is 4.35. The van der Waals surface area contributed by atoms with E-state index in [1.807, 2.05) is 6.26 Å². The van der Waals surface area contributed by atoms with Crippen LogP contribution in [-0.4, -0.2) is 57.9 Å². The molecule has 0 aliphatic rings. The van der Waals surface area contributed by atoms with Gasteiger partial charge >= 0.3 is 5.97 Å². The monoisotopic (exact) mass is 479 g/mol. The number of nitrogens with one attached hydrogen (secondary N) is 3. The molecule has 1 atom stereocenters. The molecule has 0 saturated carbocycles. The zero-order valence-corrected chi connectivity index (χ0v) is 19.3. The van der Waals surface area contributed by atoms with Crippen LogP contribution in [0.15, 0.2) is 59.5 Å². The van der Waals surface area contributed by atoms with Crippen molar-refractivity contribution in [3.63, 3.8) is 0 Å². The molecule has 0 aliphatic carbocycles. The van der Waals surface area contributed by atoms with E-state index in [0.717, 1.165) is 0 Å². The maximum absolute atomic E-state index is 12.9. The standard InChI is InChI=1S/C21H25N3O6S2/c1-30-19(25)14-22-20(26)15-7-6-8-16(13-15)23-21(27)18(11-12-31-2)24-32(28,29)17-9-4-3-5-10-17/h3-10,13,18,24H,11-12,14H2,1-2H3,(H,22,26)(H,23,27). The van der Waals surface area contributed by atoms with Gasteiger partial charge in [-0.05, 0) is 48.8 Å². The number of anilines is 1. The average molecular weight is 480 g/mol. The molecule has 0 heterocycles. The Hall–Kier alpha value is -2.89. The quantitative estimate of drug-likeness (QED) is 0.418. The van der Waals surface area contributed by atoms with Crippen LogP contribution < -0.4 is 15.4 Å². The van der Waals surface area contributed by atoms with Crippen LogP contribution in [0.5, 0.6) is 0 Å². The highest BCUT2D eigenvalue weighted by Gasteiger charge is 2.25. The first kappa shape index (κ1) is 25.4. The zero-order chi connectivity index (χ0) is 23.6. The second kappa shape index (κ2) is 12.2. The van der Waals surface area contributed by atoms with Gasteiger partial charge in [-0.3, -0.25) is 14.4 Å². The first-order valence-corrected chi connectivity index (χ1v) is 12.5. The lowest BCUT2D eigenvalue weighted by Crippen LogP contribution is -2.44. The molecule has 2 amide bonds. The molecule has 0 spiro atoms. The van der Waals surface area contributed by atoms with Crippen LogP contribution in [0.3, 0.4) is 0 Å². The lowest BCUT2D eigenvalue weighted by atomic mass is 10.1. The van der Waals surface area contributed by atoms with E-state index in [0.29, 0.717) is 11.4 Å². The van der Waals surface area contributed by atoms with Gasteiger partial charge in [0.05, 0.1) is 12.0 Å². The van der Waals surface area contributed by atoms with E-state index in [1.165, 1.54) is 43.1 Å². The van der Waals surface area contributed by atoms with Crippen LogP contribution >= 0.6 is 11.8 Å². The number of rotatable bonds is 11. The number of benzene rings is 2. The number of amides is 2. The number of carbonyl (C=O) groups is 3. The summed E-state index contributed by atoms with van der Waals surface area (Å²) in [6.07, 6.45) is 2.13. The van der Waals surface area contributed by atoms with Crippen molar-refractivity contribution in [1.29, 1.82) is 0 Å². The summed E-state index contributed by atoms with van der Waals surface area (Å²) in [6, 6.07) is 12.9. The number of sulfonamides is 1. The Kier molecular flexibility index (Phi) is 9.69. The Balaban J connectivity index is 2.12. The maximum Gasteiger partial charge on any atom is 0.325 e. The summed E-state index contributed by atoms with van der Waals surface area (Å²) < 4.78 is 32.3. The molecule has 0 aromatic heterocycles.